The highest BCUT2D eigenvalue weighted by atomic mass is 19.1. The fourth-order valence-corrected chi connectivity index (χ4v) is 2.36. The van der Waals surface area contributed by atoms with Crippen molar-refractivity contribution in [3.05, 3.63) is 53.4 Å². The summed E-state index contributed by atoms with van der Waals surface area (Å²) in [6, 6.07) is 5.32. The molecule has 2 rings (SSSR count). The second-order valence-corrected chi connectivity index (χ2v) is 4.98. The van der Waals surface area contributed by atoms with Gasteiger partial charge in [-0.15, -0.1) is 0 Å². The summed E-state index contributed by atoms with van der Waals surface area (Å²) in [4.78, 5) is 4.46. The lowest BCUT2D eigenvalue weighted by Crippen LogP contribution is -2.25. The molecule has 0 radical (unpaired) electrons. The average molecular weight is 275 g/mol. The van der Waals surface area contributed by atoms with Gasteiger partial charge >= 0.3 is 0 Å². The van der Waals surface area contributed by atoms with E-state index in [2.05, 4.69) is 21.8 Å². The summed E-state index contributed by atoms with van der Waals surface area (Å²) in [5.74, 6) is 0.774. The van der Waals surface area contributed by atoms with Gasteiger partial charge in [-0.05, 0) is 37.1 Å². The molecule has 2 aromatic rings. The molecule has 1 unspecified atom stereocenters. The van der Waals surface area contributed by atoms with Crippen LogP contribution in [0.4, 0.5) is 4.39 Å². The number of halogens is 1. The van der Waals surface area contributed by atoms with E-state index in [4.69, 9.17) is 0 Å². The largest absolute Gasteiger partial charge is 0.333 e. The Labute approximate surface area is 119 Å². The van der Waals surface area contributed by atoms with Crippen molar-refractivity contribution >= 4 is 0 Å². The van der Waals surface area contributed by atoms with E-state index in [1.807, 2.05) is 25.3 Å². The number of hydrogen-bond donors (Lipinski definition) is 1. The summed E-state index contributed by atoms with van der Waals surface area (Å²) in [5.41, 5.74) is 1.58. The minimum absolute atomic E-state index is 0.0725. The Balaban J connectivity index is 2.39. The van der Waals surface area contributed by atoms with Crippen LogP contribution in [0.15, 0.2) is 30.6 Å². The van der Waals surface area contributed by atoms with Crippen LogP contribution in [0.25, 0.3) is 0 Å². The number of aryl methyl sites for hydroxylation is 2. The van der Waals surface area contributed by atoms with E-state index in [9.17, 15) is 4.39 Å². The van der Waals surface area contributed by atoms with Crippen LogP contribution in [0.5, 0.6) is 0 Å². The van der Waals surface area contributed by atoms with Crippen molar-refractivity contribution in [3.63, 3.8) is 0 Å². The second kappa shape index (κ2) is 6.66. The quantitative estimate of drug-likeness (QED) is 0.875. The van der Waals surface area contributed by atoms with E-state index in [-0.39, 0.29) is 11.9 Å². The highest BCUT2D eigenvalue weighted by molar-refractivity contribution is 5.29. The van der Waals surface area contributed by atoms with Crippen LogP contribution >= 0.6 is 0 Å². The molecular weight excluding hydrogens is 253 g/mol. The lowest BCUT2D eigenvalue weighted by molar-refractivity contribution is 0.539. The first-order chi connectivity index (χ1) is 9.67. The Kier molecular flexibility index (Phi) is 4.90. The molecule has 0 aliphatic rings. The van der Waals surface area contributed by atoms with E-state index >= 15 is 0 Å². The van der Waals surface area contributed by atoms with Crippen molar-refractivity contribution in [1.82, 2.24) is 14.9 Å². The molecule has 0 fully saturated rings. The maximum absolute atomic E-state index is 13.8. The monoisotopic (exact) mass is 275 g/mol. The van der Waals surface area contributed by atoms with E-state index in [0.29, 0.717) is 5.56 Å². The molecule has 1 aromatic heterocycles. The van der Waals surface area contributed by atoms with Gasteiger partial charge in [-0.1, -0.05) is 26.0 Å². The fraction of sp³-hybridized carbons (Fsp3) is 0.438. The lowest BCUT2D eigenvalue weighted by Gasteiger charge is -2.20. The Morgan fingerprint density at radius 2 is 2.15 bits per heavy atom. The molecular formula is C16H22FN3. The predicted octanol–water partition coefficient (Wildman–Crippen LogP) is 3.44. The van der Waals surface area contributed by atoms with Gasteiger partial charge < -0.3 is 9.88 Å². The number of nitrogens with zero attached hydrogens (tertiary/aromatic N) is 2. The fourth-order valence-electron chi connectivity index (χ4n) is 2.36. The Morgan fingerprint density at radius 3 is 2.80 bits per heavy atom. The molecule has 3 nitrogen and oxygen atoms in total. The third-order valence-electron chi connectivity index (χ3n) is 3.41. The van der Waals surface area contributed by atoms with Crippen molar-refractivity contribution in [2.24, 2.45) is 0 Å². The van der Waals surface area contributed by atoms with Crippen LogP contribution in [0.3, 0.4) is 0 Å². The molecule has 108 valence electrons. The third kappa shape index (κ3) is 3.07. The van der Waals surface area contributed by atoms with Gasteiger partial charge in [-0.3, -0.25) is 0 Å². The van der Waals surface area contributed by atoms with Gasteiger partial charge in [-0.25, -0.2) is 9.37 Å². The van der Waals surface area contributed by atoms with Crippen molar-refractivity contribution in [3.8, 4) is 0 Å². The average Bonchev–Trinajstić information content (AvgIpc) is 2.88. The Bertz CT molecular complexity index is 563. The van der Waals surface area contributed by atoms with Gasteiger partial charge in [0.05, 0.1) is 6.04 Å². The SMILES string of the molecule is CCCn1ccnc1C(NCC)c1ccc(C)c(F)c1. The smallest absolute Gasteiger partial charge is 0.130 e. The highest BCUT2D eigenvalue weighted by Gasteiger charge is 2.18. The third-order valence-corrected chi connectivity index (χ3v) is 3.41. The van der Waals surface area contributed by atoms with E-state index in [1.54, 1.807) is 19.2 Å². The summed E-state index contributed by atoms with van der Waals surface area (Å²) < 4.78 is 15.9. The first-order valence-corrected chi connectivity index (χ1v) is 7.17. The zero-order chi connectivity index (χ0) is 14.5. The van der Waals surface area contributed by atoms with Crippen LogP contribution in [0, 0.1) is 12.7 Å². The van der Waals surface area contributed by atoms with Gasteiger partial charge in [0, 0.05) is 18.9 Å². The predicted molar refractivity (Wildman–Crippen MR) is 79.2 cm³/mol. The number of nitrogens with one attached hydrogen (secondary N) is 1. The minimum atomic E-state index is -0.168. The molecule has 4 heteroatoms. The van der Waals surface area contributed by atoms with Crippen LogP contribution in [0.1, 0.15) is 43.3 Å². The first kappa shape index (κ1) is 14.7. The van der Waals surface area contributed by atoms with Crippen LogP contribution in [0.2, 0.25) is 0 Å². The van der Waals surface area contributed by atoms with Crippen molar-refractivity contribution < 1.29 is 4.39 Å². The molecule has 0 bridgehead atoms. The summed E-state index contributed by atoms with van der Waals surface area (Å²) in [6.45, 7) is 7.69. The van der Waals surface area contributed by atoms with Gasteiger partial charge in [0.15, 0.2) is 0 Å². The highest BCUT2D eigenvalue weighted by Crippen LogP contribution is 2.23. The van der Waals surface area contributed by atoms with E-state index < -0.39 is 0 Å². The van der Waals surface area contributed by atoms with Crippen LogP contribution < -0.4 is 5.32 Å². The van der Waals surface area contributed by atoms with Crippen molar-refractivity contribution in [2.75, 3.05) is 6.54 Å². The number of imidazole rings is 1. The summed E-state index contributed by atoms with van der Waals surface area (Å²) in [7, 11) is 0. The molecule has 1 heterocycles. The Morgan fingerprint density at radius 1 is 1.35 bits per heavy atom. The van der Waals surface area contributed by atoms with Gasteiger partial charge in [0.2, 0.25) is 0 Å². The number of benzene rings is 1. The number of rotatable bonds is 6. The van der Waals surface area contributed by atoms with Crippen molar-refractivity contribution in [2.45, 2.75) is 39.8 Å². The molecule has 1 N–H and O–H groups in total. The molecule has 0 aliphatic heterocycles. The number of hydrogen-bond acceptors (Lipinski definition) is 2. The zero-order valence-corrected chi connectivity index (χ0v) is 12.4. The number of aromatic nitrogens is 2. The van der Waals surface area contributed by atoms with E-state index in [1.165, 1.54) is 0 Å². The molecule has 1 atom stereocenters. The molecule has 0 amide bonds. The summed E-state index contributed by atoms with van der Waals surface area (Å²) >= 11 is 0. The summed E-state index contributed by atoms with van der Waals surface area (Å²) in [5, 5.41) is 3.40. The standard InChI is InChI=1S/C16H22FN3/c1-4-9-20-10-8-19-16(20)15(18-5-2)13-7-6-12(3)14(17)11-13/h6-8,10-11,15,18H,4-5,9H2,1-3H3. The van der Waals surface area contributed by atoms with Gasteiger partial charge in [-0.2, -0.15) is 0 Å². The van der Waals surface area contributed by atoms with Gasteiger partial charge in [0.25, 0.3) is 0 Å². The molecule has 0 aliphatic carbocycles. The van der Waals surface area contributed by atoms with Crippen LogP contribution in [-0.2, 0) is 6.54 Å². The molecule has 0 saturated heterocycles. The molecule has 1 aromatic carbocycles. The normalized spacial score (nSPS) is 12.6. The summed E-state index contributed by atoms with van der Waals surface area (Å²) in [6.07, 6.45) is 4.83. The van der Waals surface area contributed by atoms with Crippen LogP contribution in [-0.4, -0.2) is 16.1 Å². The topological polar surface area (TPSA) is 29.9 Å². The second-order valence-electron chi connectivity index (χ2n) is 4.98. The van der Waals surface area contributed by atoms with Crippen molar-refractivity contribution in [1.29, 1.82) is 0 Å². The molecule has 0 spiro atoms. The van der Waals surface area contributed by atoms with Gasteiger partial charge in [0.1, 0.15) is 11.6 Å². The lowest BCUT2D eigenvalue weighted by atomic mass is 10.0. The zero-order valence-electron chi connectivity index (χ0n) is 12.4. The van der Waals surface area contributed by atoms with E-state index in [0.717, 1.165) is 30.9 Å². The molecule has 0 saturated carbocycles. The maximum atomic E-state index is 13.8. The minimum Gasteiger partial charge on any atom is -0.333 e. The Hall–Kier alpha value is -1.68. The molecule has 20 heavy (non-hydrogen) atoms. The maximum Gasteiger partial charge on any atom is 0.130 e. The first-order valence-electron chi connectivity index (χ1n) is 7.17.